The predicted octanol–water partition coefficient (Wildman–Crippen LogP) is 13.3. The summed E-state index contributed by atoms with van der Waals surface area (Å²) in [6, 6.07) is 46.7. The van der Waals surface area contributed by atoms with E-state index >= 15 is 0 Å². The number of non-ortho nitro benzene ring substituents is 1. The van der Waals surface area contributed by atoms with Gasteiger partial charge in [-0.25, -0.2) is 4.79 Å². The number of nitro groups is 1. The van der Waals surface area contributed by atoms with Crippen LogP contribution in [-0.4, -0.2) is 197 Å². The monoisotopic (exact) mass is 1890 g/mol. The van der Waals surface area contributed by atoms with Crippen LogP contribution in [0.2, 0.25) is 0 Å². The molecule has 12 heterocycles. The summed E-state index contributed by atoms with van der Waals surface area (Å²) in [6.45, 7) is 29.7. The smallest absolute Gasteiger partial charge is 0.337 e. The number of benzene rings is 6. The number of nitrogens with zero attached hydrogens (tertiary/aromatic N) is 7. The second-order valence-corrected chi connectivity index (χ2v) is 40.7. The molecule has 6 spiro atoms. The van der Waals surface area contributed by atoms with Gasteiger partial charge in [-0.15, -0.1) is 0 Å². The third-order valence-electron chi connectivity index (χ3n) is 31.9. The van der Waals surface area contributed by atoms with Crippen molar-refractivity contribution in [1.82, 2.24) is 61.3 Å². The summed E-state index contributed by atoms with van der Waals surface area (Å²) in [5.74, 6) is -0.136. The molecule has 139 heavy (non-hydrogen) atoms. The zero-order valence-electron chi connectivity index (χ0n) is 79.6. The van der Waals surface area contributed by atoms with E-state index in [0.29, 0.717) is 127 Å². The van der Waals surface area contributed by atoms with Crippen LogP contribution in [0, 0.1) is 42.6 Å². The number of allylic oxidation sites excluding steroid dienone is 6. The molecular formula is C110H127N13O16. The van der Waals surface area contributed by atoms with Crippen LogP contribution in [-0.2, 0) is 78.4 Å². The lowest BCUT2D eigenvalue weighted by Gasteiger charge is -2.34. The van der Waals surface area contributed by atoms with Crippen molar-refractivity contribution in [2.24, 2.45) is 32.5 Å². The average molecular weight is 1890 g/mol. The molecule has 15 aliphatic rings. The fourth-order valence-corrected chi connectivity index (χ4v) is 23.2. The number of carbonyl (C=O) groups excluding carboxylic acids is 13. The van der Waals surface area contributed by atoms with Gasteiger partial charge in [-0.2, -0.15) is 0 Å². The van der Waals surface area contributed by atoms with Gasteiger partial charge in [-0.3, -0.25) is 67.6 Å². The Bertz CT molecular complexity index is 5850. The lowest BCUT2D eigenvalue weighted by Crippen LogP contribution is -2.47. The standard InChI is InChI=1S/2C20H24N2O2.C19H22N2O2.C18H20N2O4.C17H20N2O2.C16H17N3O4/c2*1-14-9-10-20(19(24)21-14)11-12-22(13-20)18(23)17-8-4-6-15-5-2-3-7-16(15)17;1-13-8-9-19(18(23)20-13)10-11-21(12-19)17(22)16-7-6-14-4-2-3-5-15(14)16;1-12-7-8-18(17(23)19-12)9-10-20(11-18)15(21)13-3-5-14(6-4-13)16(22)24-2;1-13-7-8-17(16(21)18-13)9-10-19(12-17)15(20)11-14-5-3-2-4-6-14;1-11-5-6-16(15(21)17-11)7-8-18(10-16)14(20)12-3-2-4-13(9-12)19(22)23/h2*2-3,5,7,17H,1,4,6,8-13H2,(H,21,24);2-5,16H,1,6-12H2,(H,20,23);3-6H,1,7-11H2,2H3,(H,19,23);2-6H,1,7-12H2,(H,18,21);2-4,9H,1,5-8,10H2,(H,17,21)/t2*17-,20?;;;;/m10..../s1. The molecule has 0 saturated carbocycles. The first-order chi connectivity index (χ1) is 66.7. The van der Waals surface area contributed by atoms with E-state index < -0.39 is 43.4 Å². The van der Waals surface area contributed by atoms with Gasteiger partial charge in [-0.05, 0) is 236 Å². The van der Waals surface area contributed by atoms with E-state index in [9.17, 15) is 72.4 Å². The Morgan fingerprint density at radius 3 is 1.00 bits per heavy atom. The molecule has 6 aromatic carbocycles. The zero-order valence-corrected chi connectivity index (χ0v) is 79.6. The molecule has 0 bridgehead atoms. The number of hydrogen-bond donors (Lipinski definition) is 6. The van der Waals surface area contributed by atoms with Crippen molar-refractivity contribution in [2.75, 3.05) is 85.6 Å². The maximum absolute atomic E-state index is 13.1. The van der Waals surface area contributed by atoms with Gasteiger partial charge >= 0.3 is 5.97 Å². The second-order valence-electron chi connectivity index (χ2n) is 40.7. The van der Waals surface area contributed by atoms with Crippen LogP contribution in [0.15, 0.2) is 225 Å². The number of ether oxygens (including phenoxy) is 1. The maximum atomic E-state index is 13.1. The average Bonchev–Trinajstić information content (AvgIpc) is 1.63. The Morgan fingerprint density at radius 2 is 0.647 bits per heavy atom. The summed E-state index contributed by atoms with van der Waals surface area (Å²) in [5, 5.41) is 27.9. The normalized spacial score (nSPS) is 26.9. The van der Waals surface area contributed by atoms with E-state index in [1.807, 2.05) is 74.2 Å². The minimum Gasteiger partial charge on any atom is -0.465 e. The molecular weight excluding hydrogens is 1760 g/mol. The van der Waals surface area contributed by atoms with Crippen molar-refractivity contribution in [3.05, 3.63) is 291 Å². The number of amides is 12. The number of piperidine rings is 6. The van der Waals surface area contributed by atoms with Gasteiger partial charge in [0.25, 0.3) is 17.5 Å². The fraction of sp³-hybridized carbons (Fsp3) is 0.445. The Kier molecular flexibility index (Phi) is 29.4. The minimum atomic E-state index is -0.558. The van der Waals surface area contributed by atoms with Gasteiger partial charge in [-0.1, -0.05) is 149 Å². The Hall–Kier alpha value is -13.7. The Balaban J connectivity index is 0.000000121. The molecule has 6 N–H and O–H groups in total. The van der Waals surface area contributed by atoms with Crippen LogP contribution in [0.3, 0.4) is 0 Å². The topological polar surface area (TPSA) is 366 Å². The van der Waals surface area contributed by atoms with Crippen LogP contribution in [0.1, 0.15) is 235 Å². The van der Waals surface area contributed by atoms with Gasteiger partial charge in [0.1, 0.15) is 0 Å². The highest BCUT2D eigenvalue weighted by Gasteiger charge is 2.55. The van der Waals surface area contributed by atoms with Gasteiger partial charge in [0, 0.05) is 136 Å². The number of hydrogen-bond acceptors (Lipinski definition) is 16. The summed E-state index contributed by atoms with van der Waals surface area (Å²) < 4.78 is 4.65. The van der Waals surface area contributed by atoms with Crippen molar-refractivity contribution in [3.63, 3.8) is 0 Å². The number of esters is 1. The van der Waals surface area contributed by atoms with Gasteiger partial charge < -0.3 is 66.0 Å². The number of aryl methyl sites for hydroxylation is 3. The zero-order chi connectivity index (χ0) is 98.3. The third-order valence-corrected chi connectivity index (χ3v) is 31.9. The Morgan fingerprint density at radius 1 is 0.345 bits per heavy atom. The van der Waals surface area contributed by atoms with Crippen LogP contribution in [0.4, 0.5) is 5.69 Å². The molecule has 0 radical (unpaired) electrons. The number of nitrogens with one attached hydrogen (secondary N) is 6. The molecule has 6 aromatic rings. The van der Waals surface area contributed by atoms with E-state index in [2.05, 4.69) is 125 Å². The summed E-state index contributed by atoms with van der Waals surface area (Å²) in [5.41, 5.74) is 11.6. The van der Waals surface area contributed by atoms with Gasteiger partial charge in [0.15, 0.2) is 0 Å². The largest absolute Gasteiger partial charge is 0.465 e. The molecule has 7 unspecified atom stereocenters. The number of rotatable bonds is 9. The van der Waals surface area contributed by atoms with E-state index in [4.69, 9.17) is 0 Å². The number of fused-ring (bicyclic) bond motifs is 3. The highest BCUT2D eigenvalue weighted by atomic mass is 16.6. The second kappa shape index (κ2) is 41.5. The van der Waals surface area contributed by atoms with E-state index in [1.54, 1.807) is 40.1 Å². The maximum Gasteiger partial charge on any atom is 0.337 e. The Labute approximate surface area is 811 Å². The summed E-state index contributed by atoms with van der Waals surface area (Å²) in [4.78, 5) is 184. The summed E-state index contributed by atoms with van der Waals surface area (Å²) in [7, 11) is 1.31. The molecule has 12 saturated heterocycles. The quantitative estimate of drug-likeness (QED) is 0.0445. The van der Waals surface area contributed by atoms with Crippen molar-refractivity contribution < 1.29 is 72.0 Å². The van der Waals surface area contributed by atoms with Crippen LogP contribution >= 0.6 is 0 Å². The van der Waals surface area contributed by atoms with Crippen LogP contribution in [0.5, 0.6) is 0 Å². The third kappa shape index (κ3) is 21.2. The number of nitro benzene ring substituents is 1. The SMILES string of the molecule is C=C1CCC2(CCN(C(=O)C3CCc4ccccc43)C2)C(=O)N1.C=C1CCC2(CCN(C(=O)Cc3ccccc3)C2)C(=O)N1.C=C1CCC2(CCN(C(=O)[C@@H]3CCCc4ccccc43)C2)C(=O)N1.C=C1CCC2(CCN(C(=O)[C@H]3CCCc4ccccc43)C2)C(=O)N1.C=C1CCC2(CCN(C(=O)c3ccc(C(=O)OC)cc3)C2)C(=O)N1.C=C1CCC2(CCN(C(=O)c3cccc([N+](=O)[O-])c3)C2)C(=O)N1. The van der Waals surface area contributed by atoms with E-state index in [-0.39, 0.29) is 99.9 Å². The van der Waals surface area contributed by atoms with Gasteiger partial charge in [0.05, 0.1) is 74.3 Å². The number of carbonyl (C=O) groups is 13. The van der Waals surface area contributed by atoms with Crippen LogP contribution in [0.25, 0.3) is 0 Å². The van der Waals surface area contributed by atoms with E-state index in [0.717, 1.165) is 175 Å². The van der Waals surface area contributed by atoms with Gasteiger partial charge in [0.2, 0.25) is 59.1 Å². The molecule has 29 nitrogen and oxygen atoms in total. The highest BCUT2D eigenvalue weighted by Crippen LogP contribution is 2.49. The van der Waals surface area contributed by atoms with Crippen molar-refractivity contribution >= 4 is 82.5 Å². The number of likely N-dealkylation sites (tertiary alicyclic amines) is 6. The molecule has 9 atom stereocenters. The fourth-order valence-electron chi connectivity index (χ4n) is 23.2. The lowest BCUT2D eigenvalue weighted by molar-refractivity contribution is -0.384. The summed E-state index contributed by atoms with van der Waals surface area (Å²) in [6.07, 6.45) is 22.1. The van der Waals surface area contributed by atoms with Crippen LogP contribution < -0.4 is 31.9 Å². The first kappa shape index (κ1) is 98.3. The first-order valence-electron chi connectivity index (χ1n) is 49.1. The lowest BCUT2D eigenvalue weighted by atomic mass is 9.78. The van der Waals surface area contributed by atoms with E-state index in [1.165, 1.54) is 58.7 Å². The molecule has 21 rings (SSSR count). The molecule has 728 valence electrons. The molecule has 3 aliphatic carbocycles. The highest BCUT2D eigenvalue weighted by molar-refractivity contribution is 5.99. The molecule has 0 aromatic heterocycles. The molecule has 29 heteroatoms. The minimum absolute atomic E-state index is 0.0250. The first-order valence-corrected chi connectivity index (χ1v) is 49.1. The molecule has 12 fully saturated rings. The van der Waals surface area contributed by atoms with Crippen molar-refractivity contribution in [1.29, 1.82) is 0 Å². The summed E-state index contributed by atoms with van der Waals surface area (Å²) >= 11 is 0. The molecule has 12 aliphatic heterocycles. The van der Waals surface area contributed by atoms with Crippen molar-refractivity contribution in [2.45, 2.75) is 191 Å². The molecule has 12 amide bonds. The number of methoxy groups -OCH3 is 1. The predicted molar refractivity (Wildman–Crippen MR) is 522 cm³/mol. The van der Waals surface area contributed by atoms with Crippen molar-refractivity contribution in [3.8, 4) is 0 Å².